The van der Waals surface area contributed by atoms with E-state index in [9.17, 15) is 0 Å². The average Bonchev–Trinajstić information content (AvgIpc) is 1.94. The van der Waals surface area contributed by atoms with Gasteiger partial charge in [-0.2, -0.15) is 0 Å². The van der Waals surface area contributed by atoms with Crippen LogP contribution in [0.4, 0.5) is 0 Å². The lowest BCUT2D eigenvalue weighted by Gasteiger charge is -1.98. The minimum atomic E-state index is 0.00528. The van der Waals surface area contributed by atoms with E-state index in [-0.39, 0.29) is 5.88 Å². The van der Waals surface area contributed by atoms with Gasteiger partial charge in [0.15, 0.2) is 0 Å². The fraction of sp³-hybridized carbons (Fsp3) is 0.167. The summed E-state index contributed by atoms with van der Waals surface area (Å²) in [6.45, 7) is 0.304. The lowest BCUT2D eigenvalue weighted by atomic mass is 10.3. The molecule has 0 aliphatic rings. The summed E-state index contributed by atoms with van der Waals surface area (Å²) in [7, 11) is 0. The maximum absolute atomic E-state index is 9.02. The van der Waals surface area contributed by atoms with Gasteiger partial charge >= 0.3 is 0 Å². The normalized spacial score (nSPS) is 9.80. The summed E-state index contributed by atoms with van der Waals surface area (Å²) in [6, 6.07) is 1.74. The number of pyridine rings is 1. The number of rotatable bonds is 1. The van der Waals surface area contributed by atoms with E-state index in [0.717, 1.165) is 4.47 Å². The van der Waals surface area contributed by atoms with Crippen molar-refractivity contribution in [3.05, 3.63) is 22.3 Å². The van der Waals surface area contributed by atoms with E-state index in [1.54, 1.807) is 6.07 Å². The second-order valence-corrected chi connectivity index (χ2v) is 2.76. The Morgan fingerprint density at radius 3 is 2.90 bits per heavy atom. The first-order valence-corrected chi connectivity index (χ1v) is 3.57. The van der Waals surface area contributed by atoms with Gasteiger partial charge in [-0.3, -0.25) is 0 Å². The van der Waals surface area contributed by atoms with Crippen LogP contribution in [-0.2, 0) is 6.54 Å². The third kappa shape index (κ3) is 1.46. The molecule has 0 amide bonds. The summed E-state index contributed by atoms with van der Waals surface area (Å²) >= 11 is 3.21. The Labute approximate surface area is 67.0 Å². The molecule has 0 saturated heterocycles. The van der Waals surface area contributed by atoms with Crippen molar-refractivity contribution < 1.29 is 5.11 Å². The van der Waals surface area contributed by atoms with Crippen LogP contribution in [0, 0.1) is 0 Å². The molecule has 0 radical (unpaired) electrons. The second kappa shape index (κ2) is 2.98. The van der Waals surface area contributed by atoms with E-state index in [1.807, 2.05) is 0 Å². The van der Waals surface area contributed by atoms with Gasteiger partial charge in [0.25, 0.3) is 0 Å². The average molecular weight is 203 g/mol. The highest BCUT2D eigenvalue weighted by molar-refractivity contribution is 9.10. The molecular weight excluding hydrogens is 196 g/mol. The molecule has 4 heteroatoms. The van der Waals surface area contributed by atoms with E-state index in [0.29, 0.717) is 12.1 Å². The summed E-state index contributed by atoms with van der Waals surface area (Å²) in [5.74, 6) is 0.00528. The van der Waals surface area contributed by atoms with Crippen LogP contribution >= 0.6 is 15.9 Å². The number of hydrogen-bond donors (Lipinski definition) is 2. The van der Waals surface area contributed by atoms with Gasteiger partial charge in [-0.1, -0.05) is 0 Å². The summed E-state index contributed by atoms with van der Waals surface area (Å²) in [5.41, 5.74) is 5.95. The lowest BCUT2D eigenvalue weighted by Crippen LogP contribution is -1.97. The molecule has 1 aromatic rings. The topological polar surface area (TPSA) is 59.1 Å². The monoisotopic (exact) mass is 202 g/mol. The van der Waals surface area contributed by atoms with Crippen LogP contribution in [0.3, 0.4) is 0 Å². The SMILES string of the molecule is NCc1cc(Br)cnc1O. The van der Waals surface area contributed by atoms with E-state index >= 15 is 0 Å². The molecule has 0 aliphatic carbocycles. The van der Waals surface area contributed by atoms with Crippen LogP contribution in [0.5, 0.6) is 5.88 Å². The number of nitrogens with zero attached hydrogens (tertiary/aromatic N) is 1. The third-order valence-electron chi connectivity index (χ3n) is 1.13. The van der Waals surface area contributed by atoms with Crippen molar-refractivity contribution in [1.29, 1.82) is 0 Å². The number of aromatic hydroxyl groups is 1. The van der Waals surface area contributed by atoms with E-state index in [1.165, 1.54) is 6.20 Å². The Morgan fingerprint density at radius 2 is 2.40 bits per heavy atom. The second-order valence-electron chi connectivity index (χ2n) is 1.84. The molecule has 0 atom stereocenters. The van der Waals surface area contributed by atoms with Crippen LogP contribution in [0.15, 0.2) is 16.7 Å². The highest BCUT2D eigenvalue weighted by atomic mass is 79.9. The summed E-state index contributed by atoms with van der Waals surface area (Å²) in [6.07, 6.45) is 1.52. The van der Waals surface area contributed by atoms with Gasteiger partial charge in [-0.15, -0.1) is 0 Å². The van der Waals surface area contributed by atoms with E-state index in [4.69, 9.17) is 10.8 Å². The highest BCUT2D eigenvalue weighted by Crippen LogP contribution is 2.17. The number of hydrogen-bond acceptors (Lipinski definition) is 3. The maximum Gasteiger partial charge on any atom is 0.215 e. The molecule has 0 unspecified atom stereocenters. The van der Waals surface area contributed by atoms with Crippen molar-refractivity contribution in [1.82, 2.24) is 4.98 Å². The zero-order valence-corrected chi connectivity index (χ0v) is 6.80. The molecular formula is C6H7BrN2O. The van der Waals surface area contributed by atoms with Gasteiger partial charge in [0.2, 0.25) is 5.88 Å². The van der Waals surface area contributed by atoms with Crippen molar-refractivity contribution in [3.8, 4) is 5.88 Å². The third-order valence-corrected chi connectivity index (χ3v) is 1.56. The smallest absolute Gasteiger partial charge is 0.215 e. The quantitative estimate of drug-likeness (QED) is 0.715. The number of aromatic nitrogens is 1. The van der Waals surface area contributed by atoms with Gasteiger partial charge < -0.3 is 10.8 Å². The first-order valence-electron chi connectivity index (χ1n) is 2.77. The van der Waals surface area contributed by atoms with Crippen LogP contribution in [0.2, 0.25) is 0 Å². The van der Waals surface area contributed by atoms with Crippen LogP contribution in [-0.4, -0.2) is 10.1 Å². The molecule has 0 aromatic carbocycles. The molecule has 0 bridgehead atoms. The van der Waals surface area contributed by atoms with E-state index < -0.39 is 0 Å². The van der Waals surface area contributed by atoms with Crippen LogP contribution in [0.1, 0.15) is 5.56 Å². The molecule has 1 aromatic heterocycles. The number of halogens is 1. The molecule has 54 valence electrons. The first-order chi connectivity index (χ1) is 4.74. The van der Waals surface area contributed by atoms with Gasteiger partial charge in [0.05, 0.1) is 0 Å². The fourth-order valence-corrected chi connectivity index (χ4v) is 1.00. The molecule has 1 rings (SSSR count). The molecule has 1 heterocycles. The molecule has 3 nitrogen and oxygen atoms in total. The van der Waals surface area contributed by atoms with Gasteiger partial charge in [0, 0.05) is 22.8 Å². The molecule has 0 spiro atoms. The van der Waals surface area contributed by atoms with Crippen molar-refractivity contribution in [2.75, 3.05) is 0 Å². The molecule has 0 aliphatic heterocycles. The van der Waals surface area contributed by atoms with Crippen LogP contribution < -0.4 is 5.73 Å². The zero-order chi connectivity index (χ0) is 7.56. The first kappa shape index (κ1) is 7.50. The standard InChI is InChI=1S/C6H7BrN2O/c7-5-1-4(2-8)6(10)9-3-5/h1,3H,2,8H2,(H,9,10). The minimum Gasteiger partial charge on any atom is -0.493 e. The minimum absolute atomic E-state index is 0.00528. The molecule has 3 N–H and O–H groups in total. The van der Waals surface area contributed by atoms with Crippen LogP contribution in [0.25, 0.3) is 0 Å². The fourth-order valence-electron chi connectivity index (χ4n) is 0.624. The Morgan fingerprint density at radius 1 is 1.70 bits per heavy atom. The zero-order valence-electron chi connectivity index (χ0n) is 5.21. The summed E-state index contributed by atoms with van der Waals surface area (Å²) in [5, 5.41) is 9.02. The maximum atomic E-state index is 9.02. The highest BCUT2D eigenvalue weighted by Gasteiger charge is 1.99. The Bertz CT molecular complexity index is 239. The van der Waals surface area contributed by atoms with Crippen molar-refractivity contribution in [2.24, 2.45) is 5.73 Å². The Hall–Kier alpha value is -0.610. The Balaban J connectivity index is 3.09. The van der Waals surface area contributed by atoms with Gasteiger partial charge in [0.1, 0.15) is 0 Å². The van der Waals surface area contributed by atoms with Gasteiger partial charge in [-0.25, -0.2) is 4.98 Å². The Kier molecular flexibility index (Phi) is 2.24. The van der Waals surface area contributed by atoms with Crippen molar-refractivity contribution in [3.63, 3.8) is 0 Å². The molecule has 0 fully saturated rings. The van der Waals surface area contributed by atoms with Crippen molar-refractivity contribution >= 4 is 15.9 Å². The van der Waals surface area contributed by atoms with Gasteiger partial charge in [-0.05, 0) is 22.0 Å². The summed E-state index contributed by atoms with van der Waals surface area (Å²) in [4.78, 5) is 3.68. The largest absolute Gasteiger partial charge is 0.493 e. The predicted octanol–water partition coefficient (Wildman–Crippen LogP) is 1.01. The summed E-state index contributed by atoms with van der Waals surface area (Å²) < 4.78 is 0.825. The molecule has 0 saturated carbocycles. The predicted molar refractivity (Wildman–Crippen MR) is 41.5 cm³/mol. The number of nitrogens with two attached hydrogens (primary N) is 1. The lowest BCUT2D eigenvalue weighted by molar-refractivity contribution is 0.446. The van der Waals surface area contributed by atoms with E-state index in [2.05, 4.69) is 20.9 Å². The van der Waals surface area contributed by atoms with Crippen molar-refractivity contribution in [2.45, 2.75) is 6.54 Å². The molecule has 10 heavy (non-hydrogen) atoms.